The zero-order valence-corrected chi connectivity index (χ0v) is 19.9. The van der Waals surface area contributed by atoms with Crippen LogP contribution in [0.5, 0.6) is 0 Å². The lowest BCUT2D eigenvalue weighted by atomic mass is 10.1. The summed E-state index contributed by atoms with van der Waals surface area (Å²) in [6.07, 6.45) is 7.47. The number of aliphatic carboxylic acids is 2. The number of hydrogen-bond donors (Lipinski definition) is 6. The lowest BCUT2D eigenvalue weighted by molar-refractivity contribution is -0.139. The van der Waals surface area contributed by atoms with Crippen molar-refractivity contribution in [2.24, 2.45) is 10.9 Å². The molecule has 0 fully saturated rings. The van der Waals surface area contributed by atoms with Crippen LogP contribution in [0.25, 0.3) is 0 Å². The highest BCUT2D eigenvalue weighted by molar-refractivity contribution is 8.14. The number of oxime groups is 1. The molecule has 0 spiro atoms. The molecule has 0 aliphatic rings. The van der Waals surface area contributed by atoms with Gasteiger partial charge in [-0.05, 0) is 37.7 Å². The number of carbonyl (C=O) groups is 4. The molecule has 32 heavy (non-hydrogen) atoms. The van der Waals surface area contributed by atoms with Crippen molar-refractivity contribution in [3.63, 3.8) is 0 Å². The van der Waals surface area contributed by atoms with Crippen molar-refractivity contribution in [2.75, 3.05) is 24.3 Å². The molecule has 2 amide bonds. The van der Waals surface area contributed by atoms with Crippen molar-refractivity contribution >= 4 is 52.3 Å². The maximum absolute atomic E-state index is 12.3. The van der Waals surface area contributed by atoms with E-state index in [9.17, 15) is 24.4 Å². The number of thioether (sulfide) groups is 2. The number of nitrogens with one attached hydrogen (secondary N) is 2. The van der Waals surface area contributed by atoms with Crippen LogP contribution < -0.4 is 16.4 Å². The number of amides is 2. The summed E-state index contributed by atoms with van der Waals surface area (Å²) in [5.41, 5.74) is 5.37. The average Bonchev–Trinajstić information content (AvgIpc) is 2.75. The summed E-state index contributed by atoms with van der Waals surface area (Å²) in [4.78, 5) is 45.9. The first-order chi connectivity index (χ1) is 15.2. The summed E-state index contributed by atoms with van der Waals surface area (Å²) >= 11 is 2.91. The quantitative estimate of drug-likeness (QED) is 0.0528. The molecule has 13 heteroatoms. The van der Waals surface area contributed by atoms with Crippen LogP contribution in [0.15, 0.2) is 5.16 Å². The number of carboxylic acids is 2. The van der Waals surface area contributed by atoms with Gasteiger partial charge in [0.2, 0.25) is 11.8 Å². The largest absolute Gasteiger partial charge is 0.480 e. The molecular formula is C19H34N4O7S2. The standard InChI is InChI=1S/C19H34N4O7S2/c1-31-10-6-4-2-3-5-7-16(23-30)32-12-14(18(27)21-11-17(25)26)22-15(24)9-8-13(20)19(28)29/h13-14,30H,2-12,20H2,1H3,(H,21,27)(H,22,24)(H,25,26)(H,28,29)/b23-16+/t13-,14-/m0/s1. The Morgan fingerprint density at radius 2 is 1.69 bits per heavy atom. The maximum Gasteiger partial charge on any atom is 0.322 e. The molecule has 11 nitrogen and oxygen atoms in total. The molecule has 0 rings (SSSR count). The number of carbonyl (C=O) groups excluding carboxylic acids is 2. The summed E-state index contributed by atoms with van der Waals surface area (Å²) < 4.78 is 0. The van der Waals surface area contributed by atoms with E-state index in [0.29, 0.717) is 11.5 Å². The summed E-state index contributed by atoms with van der Waals surface area (Å²) in [5.74, 6) is -2.61. The number of carboxylic acid groups (broad SMARTS) is 2. The third-order valence-corrected chi connectivity index (χ3v) is 6.15. The molecule has 0 saturated heterocycles. The van der Waals surface area contributed by atoms with Crippen molar-refractivity contribution < 1.29 is 34.6 Å². The summed E-state index contributed by atoms with van der Waals surface area (Å²) in [6.45, 7) is -0.614. The van der Waals surface area contributed by atoms with E-state index >= 15 is 0 Å². The van der Waals surface area contributed by atoms with E-state index in [2.05, 4.69) is 22.0 Å². The Morgan fingerprint density at radius 1 is 1.03 bits per heavy atom. The summed E-state index contributed by atoms with van der Waals surface area (Å²) in [6, 6.07) is -2.29. The van der Waals surface area contributed by atoms with Crippen molar-refractivity contribution in [3.05, 3.63) is 0 Å². The first-order valence-corrected chi connectivity index (χ1v) is 12.7. The predicted octanol–water partition coefficient (Wildman–Crippen LogP) is 1.09. The van der Waals surface area contributed by atoms with E-state index in [1.54, 1.807) is 0 Å². The second kappa shape index (κ2) is 18.6. The van der Waals surface area contributed by atoms with Gasteiger partial charge in [-0.25, -0.2) is 0 Å². The molecule has 0 bridgehead atoms. The third-order valence-electron chi connectivity index (χ3n) is 4.33. The fourth-order valence-corrected chi connectivity index (χ4v) is 3.96. The zero-order valence-electron chi connectivity index (χ0n) is 18.2. The van der Waals surface area contributed by atoms with Crippen LogP contribution in [0.3, 0.4) is 0 Å². The Morgan fingerprint density at radius 3 is 2.28 bits per heavy atom. The fourth-order valence-electron chi connectivity index (χ4n) is 2.53. The minimum Gasteiger partial charge on any atom is -0.480 e. The lowest BCUT2D eigenvalue weighted by Gasteiger charge is -2.18. The molecular weight excluding hydrogens is 460 g/mol. The van der Waals surface area contributed by atoms with E-state index in [0.717, 1.165) is 43.2 Å². The topological polar surface area (TPSA) is 191 Å². The van der Waals surface area contributed by atoms with Gasteiger partial charge in [0.1, 0.15) is 23.7 Å². The van der Waals surface area contributed by atoms with E-state index < -0.39 is 42.4 Å². The van der Waals surface area contributed by atoms with E-state index in [4.69, 9.17) is 15.9 Å². The highest BCUT2D eigenvalue weighted by Gasteiger charge is 2.23. The summed E-state index contributed by atoms with van der Waals surface area (Å²) in [5, 5.41) is 35.1. The van der Waals surface area contributed by atoms with Gasteiger partial charge >= 0.3 is 11.9 Å². The van der Waals surface area contributed by atoms with Gasteiger partial charge in [0.25, 0.3) is 0 Å². The Labute approximate surface area is 196 Å². The van der Waals surface area contributed by atoms with Crippen LogP contribution in [-0.2, 0) is 19.2 Å². The van der Waals surface area contributed by atoms with Gasteiger partial charge in [0.05, 0.1) is 0 Å². The molecule has 0 aromatic heterocycles. The molecule has 0 unspecified atom stereocenters. The number of rotatable bonds is 18. The van der Waals surface area contributed by atoms with Gasteiger partial charge in [-0.15, -0.1) is 11.8 Å². The molecule has 7 N–H and O–H groups in total. The van der Waals surface area contributed by atoms with Gasteiger partial charge in [-0.1, -0.05) is 24.4 Å². The number of nitrogens with two attached hydrogens (primary N) is 1. The Kier molecular flexibility index (Phi) is 17.4. The first kappa shape index (κ1) is 30.0. The van der Waals surface area contributed by atoms with Crippen LogP contribution in [0.1, 0.15) is 51.4 Å². The van der Waals surface area contributed by atoms with Gasteiger partial charge < -0.3 is 31.8 Å². The fraction of sp³-hybridized carbons (Fsp3) is 0.737. The average molecular weight is 495 g/mol. The number of hydrogen-bond acceptors (Lipinski definition) is 9. The molecule has 0 saturated carbocycles. The minimum atomic E-state index is -1.24. The Balaban J connectivity index is 4.65. The molecule has 184 valence electrons. The zero-order chi connectivity index (χ0) is 24.4. The van der Waals surface area contributed by atoms with E-state index in [1.165, 1.54) is 6.42 Å². The Bertz CT molecular complexity index is 635. The third kappa shape index (κ3) is 15.8. The molecule has 0 aromatic carbocycles. The molecule has 0 heterocycles. The van der Waals surface area contributed by atoms with E-state index in [-0.39, 0.29) is 18.6 Å². The lowest BCUT2D eigenvalue weighted by Crippen LogP contribution is -2.49. The second-order valence-corrected chi connectivity index (χ2v) is 9.11. The number of unbranched alkanes of at least 4 members (excludes halogenated alkanes) is 4. The monoisotopic (exact) mass is 494 g/mol. The molecule has 0 aromatic rings. The number of nitrogens with zero attached hydrogens (tertiary/aromatic N) is 1. The van der Waals surface area contributed by atoms with E-state index in [1.807, 2.05) is 11.8 Å². The van der Waals surface area contributed by atoms with Gasteiger partial charge in [0, 0.05) is 12.2 Å². The minimum absolute atomic E-state index is 0.0231. The van der Waals surface area contributed by atoms with Gasteiger partial charge in [-0.3, -0.25) is 19.2 Å². The Hall–Kier alpha value is -1.99. The second-order valence-electron chi connectivity index (χ2n) is 7.03. The van der Waals surface area contributed by atoms with Gasteiger partial charge in [0.15, 0.2) is 0 Å². The van der Waals surface area contributed by atoms with Crippen molar-refractivity contribution in [1.29, 1.82) is 0 Å². The molecule has 0 aliphatic heterocycles. The van der Waals surface area contributed by atoms with Crippen LogP contribution in [0.4, 0.5) is 0 Å². The normalized spacial score (nSPS) is 13.2. The van der Waals surface area contributed by atoms with Crippen molar-refractivity contribution in [2.45, 2.75) is 63.5 Å². The molecule has 0 aliphatic carbocycles. The van der Waals surface area contributed by atoms with Crippen LogP contribution in [0.2, 0.25) is 0 Å². The van der Waals surface area contributed by atoms with Crippen molar-refractivity contribution in [3.8, 4) is 0 Å². The van der Waals surface area contributed by atoms with Crippen LogP contribution >= 0.6 is 23.5 Å². The molecule has 2 atom stereocenters. The highest BCUT2D eigenvalue weighted by atomic mass is 32.2. The van der Waals surface area contributed by atoms with Gasteiger partial charge in [-0.2, -0.15) is 11.8 Å². The smallest absolute Gasteiger partial charge is 0.322 e. The SMILES string of the molecule is CSCCCCCCC/C(=N\O)SC[C@H](NC(=O)CC[C@H](N)C(=O)O)C(=O)NCC(=O)O. The first-order valence-electron chi connectivity index (χ1n) is 10.3. The summed E-state index contributed by atoms with van der Waals surface area (Å²) in [7, 11) is 0. The van der Waals surface area contributed by atoms with Crippen molar-refractivity contribution in [1.82, 2.24) is 10.6 Å². The predicted molar refractivity (Wildman–Crippen MR) is 125 cm³/mol. The highest BCUT2D eigenvalue weighted by Crippen LogP contribution is 2.15. The maximum atomic E-state index is 12.3. The van der Waals surface area contributed by atoms with Crippen LogP contribution in [-0.4, -0.2) is 80.6 Å². The van der Waals surface area contributed by atoms with Crippen LogP contribution in [0, 0.1) is 0 Å². The molecule has 0 radical (unpaired) electrons.